The van der Waals surface area contributed by atoms with Gasteiger partial charge in [-0.25, -0.2) is 0 Å². The van der Waals surface area contributed by atoms with E-state index < -0.39 is 35.8 Å². The maximum Gasteiger partial charge on any atom is 0.307 e. The molecular formula is C22H20ClN3O5. The predicted molar refractivity (Wildman–Crippen MR) is 116 cm³/mol. The van der Waals surface area contributed by atoms with Crippen LogP contribution in [0.3, 0.4) is 0 Å². The summed E-state index contributed by atoms with van der Waals surface area (Å²) in [7, 11) is 1.25. The molecule has 3 rings (SSSR count). The predicted octanol–water partition coefficient (Wildman–Crippen LogP) is 2.33. The number of H-pyrrole nitrogens is 1. The van der Waals surface area contributed by atoms with Gasteiger partial charge in [0, 0.05) is 22.1 Å². The fourth-order valence-corrected chi connectivity index (χ4v) is 3.35. The number of pyridine rings is 1. The third-order valence-corrected chi connectivity index (χ3v) is 5.00. The van der Waals surface area contributed by atoms with Crippen molar-refractivity contribution in [2.24, 2.45) is 0 Å². The van der Waals surface area contributed by atoms with Crippen LogP contribution >= 0.6 is 11.6 Å². The molecule has 0 aliphatic heterocycles. The lowest BCUT2D eigenvalue weighted by Gasteiger charge is -2.19. The van der Waals surface area contributed by atoms with Crippen LogP contribution in [0.4, 0.5) is 0 Å². The van der Waals surface area contributed by atoms with Gasteiger partial charge >= 0.3 is 5.97 Å². The number of ether oxygens (including phenoxy) is 1. The van der Waals surface area contributed by atoms with E-state index in [0.717, 1.165) is 0 Å². The van der Waals surface area contributed by atoms with Gasteiger partial charge in [0.1, 0.15) is 5.56 Å². The number of amides is 2. The van der Waals surface area contributed by atoms with Crippen molar-refractivity contribution in [2.75, 3.05) is 13.7 Å². The van der Waals surface area contributed by atoms with Crippen molar-refractivity contribution in [3.8, 4) is 0 Å². The van der Waals surface area contributed by atoms with Crippen LogP contribution in [0.25, 0.3) is 10.9 Å². The van der Waals surface area contributed by atoms with Gasteiger partial charge in [-0.05, 0) is 23.8 Å². The maximum atomic E-state index is 12.5. The van der Waals surface area contributed by atoms with Gasteiger partial charge in [0.25, 0.3) is 5.91 Å². The van der Waals surface area contributed by atoms with E-state index in [1.165, 1.54) is 13.3 Å². The Balaban J connectivity index is 1.69. The molecule has 3 aromatic rings. The van der Waals surface area contributed by atoms with Crippen LogP contribution in [0.2, 0.25) is 5.02 Å². The van der Waals surface area contributed by atoms with Gasteiger partial charge in [-0.2, -0.15) is 0 Å². The lowest BCUT2D eigenvalue weighted by molar-refractivity contribution is -0.141. The number of fused-ring (bicyclic) bond motifs is 1. The van der Waals surface area contributed by atoms with E-state index in [1.807, 2.05) is 0 Å². The Morgan fingerprint density at radius 2 is 1.81 bits per heavy atom. The molecule has 0 saturated carbocycles. The zero-order chi connectivity index (χ0) is 22.4. The number of aromatic amines is 1. The molecular weight excluding hydrogens is 422 g/mol. The second-order valence-corrected chi connectivity index (χ2v) is 7.09. The summed E-state index contributed by atoms with van der Waals surface area (Å²) in [4.78, 5) is 52.0. The molecule has 0 aliphatic rings. The monoisotopic (exact) mass is 441 g/mol. The number of carbonyl (C=O) groups excluding carboxylic acids is 3. The van der Waals surface area contributed by atoms with Gasteiger partial charge in [0.2, 0.25) is 11.3 Å². The lowest BCUT2D eigenvalue weighted by Crippen LogP contribution is -2.40. The lowest BCUT2D eigenvalue weighted by atomic mass is 10.0. The van der Waals surface area contributed by atoms with Crippen LogP contribution in [-0.4, -0.2) is 36.4 Å². The highest BCUT2D eigenvalue weighted by atomic mass is 35.5. The Hall–Kier alpha value is -3.65. The largest absolute Gasteiger partial charge is 0.469 e. The van der Waals surface area contributed by atoms with Crippen LogP contribution in [0, 0.1) is 0 Å². The third kappa shape index (κ3) is 5.29. The Morgan fingerprint density at radius 1 is 1.10 bits per heavy atom. The van der Waals surface area contributed by atoms with Gasteiger partial charge in [-0.3, -0.25) is 19.2 Å². The molecule has 160 valence electrons. The smallest absolute Gasteiger partial charge is 0.307 e. The SMILES string of the molecule is COC(=O)CC(NC(=O)CNC(=O)c1c[nH]c2ccccc2c1=O)c1ccccc1Cl. The van der Waals surface area contributed by atoms with Crippen molar-refractivity contribution in [1.82, 2.24) is 15.6 Å². The van der Waals surface area contributed by atoms with Crippen molar-refractivity contribution >= 4 is 40.3 Å². The number of hydrogen-bond donors (Lipinski definition) is 3. The molecule has 8 nitrogen and oxygen atoms in total. The normalized spacial score (nSPS) is 11.5. The van der Waals surface area contributed by atoms with Crippen molar-refractivity contribution < 1.29 is 19.1 Å². The number of rotatable bonds is 7. The van der Waals surface area contributed by atoms with Crippen LogP contribution in [0.5, 0.6) is 0 Å². The van der Waals surface area contributed by atoms with Crippen LogP contribution in [0.1, 0.15) is 28.4 Å². The standard InChI is InChI=1S/C22H20ClN3O5/c1-31-20(28)10-18(13-6-2-4-8-16(13)23)26-19(27)12-25-22(30)15-11-24-17-9-5-3-7-14(17)21(15)29/h2-9,11,18H,10,12H2,1H3,(H,24,29)(H,25,30)(H,26,27). The van der Waals surface area contributed by atoms with E-state index in [1.54, 1.807) is 48.5 Å². The van der Waals surface area contributed by atoms with Crippen molar-refractivity contribution in [3.05, 3.63) is 81.1 Å². The Kier molecular flexibility index (Phi) is 7.04. The van der Waals surface area contributed by atoms with Gasteiger partial charge < -0.3 is 20.4 Å². The molecule has 0 spiro atoms. The number of nitrogens with one attached hydrogen (secondary N) is 3. The highest BCUT2D eigenvalue weighted by molar-refractivity contribution is 6.31. The molecule has 31 heavy (non-hydrogen) atoms. The van der Waals surface area contributed by atoms with E-state index in [-0.39, 0.29) is 12.0 Å². The number of carbonyl (C=O) groups is 3. The van der Waals surface area contributed by atoms with Gasteiger partial charge in [-0.15, -0.1) is 0 Å². The first-order chi connectivity index (χ1) is 14.9. The summed E-state index contributed by atoms with van der Waals surface area (Å²) in [5.74, 6) is -1.78. The molecule has 0 radical (unpaired) electrons. The minimum Gasteiger partial charge on any atom is -0.469 e. The second kappa shape index (κ2) is 9.90. The van der Waals surface area contributed by atoms with E-state index in [0.29, 0.717) is 21.5 Å². The van der Waals surface area contributed by atoms with Gasteiger partial charge in [0.05, 0.1) is 26.1 Å². The van der Waals surface area contributed by atoms with E-state index in [9.17, 15) is 19.2 Å². The summed E-state index contributed by atoms with van der Waals surface area (Å²) in [6.07, 6.45) is 1.17. The average molecular weight is 442 g/mol. The minimum absolute atomic E-state index is 0.108. The minimum atomic E-state index is -0.741. The maximum absolute atomic E-state index is 12.5. The first kappa shape index (κ1) is 22.0. The van der Waals surface area contributed by atoms with Gasteiger partial charge in [-0.1, -0.05) is 41.9 Å². The second-order valence-electron chi connectivity index (χ2n) is 6.68. The molecule has 2 amide bonds. The number of benzene rings is 2. The van der Waals surface area contributed by atoms with Gasteiger partial charge in [0.15, 0.2) is 0 Å². The molecule has 1 atom stereocenters. The Labute approximate surface area is 182 Å². The molecule has 2 aromatic carbocycles. The van der Waals surface area contributed by atoms with Crippen LogP contribution in [0.15, 0.2) is 59.5 Å². The molecule has 0 aliphatic carbocycles. The number of hydrogen-bond acceptors (Lipinski definition) is 5. The number of para-hydroxylation sites is 1. The fourth-order valence-electron chi connectivity index (χ4n) is 3.08. The van der Waals surface area contributed by atoms with Crippen LogP contribution in [-0.2, 0) is 14.3 Å². The summed E-state index contributed by atoms with van der Waals surface area (Å²) in [5.41, 5.74) is 0.600. The van der Waals surface area contributed by atoms with E-state index >= 15 is 0 Å². The zero-order valence-corrected chi connectivity index (χ0v) is 17.4. The number of halogens is 1. The van der Waals surface area contributed by atoms with Crippen molar-refractivity contribution in [3.63, 3.8) is 0 Å². The number of methoxy groups -OCH3 is 1. The molecule has 1 aromatic heterocycles. The summed E-state index contributed by atoms with van der Waals surface area (Å²) in [6.45, 7) is -0.396. The number of esters is 1. The van der Waals surface area contributed by atoms with E-state index in [2.05, 4.69) is 20.4 Å². The Bertz CT molecular complexity index is 1190. The molecule has 0 fully saturated rings. The Morgan fingerprint density at radius 3 is 2.55 bits per heavy atom. The summed E-state index contributed by atoms with van der Waals surface area (Å²) >= 11 is 6.19. The first-order valence-corrected chi connectivity index (χ1v) is 9.77. The third-order valence-electron chi connectivity index (χ3n) is 4.66. The topological polar surface area (TPSA) is 117 Å². The molecule has 0 saturated heterocycles. The highest BCUT2D eigenvalue weighted by Crippen LogP contribution is 2.25. The zero-order valence-electron chi connectivity index (χ0n) is 16.6. The summed E-state index contributed by atoms with van der Waals surface area (Å²) < 4.78 is 4.69. The van der Waals surface area contributed by atoms with Crippen molar-refractivity contribution in [2.45, 2.75) is 12.5 Å². The van der Waals surface area contributed by atoms with Crippen molar-refractivity contribution in [1.29, 1.82) is 0 Å². The molecule has 1 heterocycles. The van der Waals surface area contributed by atoms with Crippen LogP contribution < -0.4 is 16.1 Å². The summed E-state index contributed by atoms with van der Waals surface area (Å²) in [5, 5.41) is 5.84. The molecule has 3 N–H and O–H groups in total. The number of aromatic nitrogens is 1. The molecule has 1 unspecified atom stereocenters. The summed E-state index contributed by atoms with van der Waals surface area (Å²) in [6, 6.07) is 12.8. The quantitative estimate of drug-likeness (QED) is 0.486. The highest BCUT2D eigenvalue weighted by Gasteiger charge is 2.22. The fraction of sp³-hybridized carbons (Fsp3) is 0.182. The van der Waals surface area contributed by atoms with E-state index in [4.69, 9.17) is 11.6 Å². The first-order valence-electron chi connectivity index (χ1n) is 9.40. The average Bonchev–Trinajstić information content (AvgIpc) is 2.77. The molecule has 9 heteroatoms. The molecule has 0 bridgehead atoms.